The van der Waals surface area contributed by atoms with Gasteiger partial charge in [-0.2, -0.15) is 5.10 Å². The first-order valence-electron chi connectivity index (χ1n) is 7.13. The van der Waals surface area contributed by atoms with E-state index in [1.807, 2.05) is 19.9 Å². The Morgan fingerprint density at radius 1 is 1.25 bits per heavy atom. The number of esters is 1. The number of amides is 1. The summed E-state index contributed by atoms with van der Waals surface area (Å²) >= 11 is 12.1. The molecule has 0 aliphatic carbocycles. The molecule has 2 aromatic rings. The smallest absolute Gasteiger partial charge is 0.343 e. The van der Waals surface area contributed by atoms with Crippen LogP contribution in [0.2, 0.25) is 10.2 Å². The lowest BCUT2D eigenvalue weighted by molar-refractivity contribution is -0.119. The van der Waals surface area contributed by atoms with Crippen LogP contribution in [0.15, 0.2) is 12.1 Å². The van der Waals surface area contributed by atoms with Gasteiger partial charge in [0.05, 0.1) is 16.4 Å². The van der Waals surface area contributed by atoms with E-state index >= 15 is 0 Å². The molecular formula is C16H17Cl2N3O3. The van der Waals surface area contributed by atoms with Gasteiger partial charge in [-0.25, -0.2) is 4.79 Å². The molecule has 2 rings (SSSR count). The average molecular weight is 370 g/mol. The summed E-state index contributed by atoms with van der Waals surface area (Å²) < 4.78 is 6.37. The molecule has 0 aliphatic rings. The molecule has 0 fully saturated rings. The highest BCUT2D eigenvalue weighted by Gasteiger charge is 2.21. The first kappa shape index (κ1) is 18.3. The van der Waals surface area contributed by atoms with E-state index in [0.717, 1.165) is 11.1 Å². The van der Waals surface area contributed by atoms with E-state index in [-0.39, 0.29) is 10.7 Å². The van der Waals surface area contributed by atoms with Crippen LogP contribution < -0.4 is 5.32 Å². The molecule has 0 spiro atoms. The van der Waals surface area contributed by atoms with Crippen molar-refractivity contribution in [2.75, 3.05) is 11.9 Å². The average Bonchev–Trinajstić information content (AvgIpc) is 2.73. The fourth-order valence-corrected chi connectivity index (χ4v) is 2.93. The quantitative estimate of drug-likeness (QED) is 0.837. The molecule has 1 N–H and O–H groups in total. The number of anilines is 1. The molecule has 0 atom stereocenters. The number of carbonyl (C=O) groups excluding carboxylic acids is 2. The Hall–Kier alpha value is -2.05. The van der Waals surface area contributed by atoms with Gasteiger partial charge < -0.3 is 10.1 Å². The van der Waals surface area contributed by atoms with Crippen LogP contribution in [-0.4, -0.2) is 28.3 Å². The Morgan fingerprint density at radius 3 is 2.46 bits per heavy atom. The van der Waals surface area contributed by atoms with E-state index in [1.165, 1.54) is 4.68 Å². The van der Waals surface area contributed by atoms with Gasteiger partial charge in [-0.15, -0.1) is 0 Å². The minimum Gasteiger partial charge on any atom is -0.452 e. The summed E-state index contributed by atoms with van der Waals surface area (Å²) in [6, 6.07) is 3.64. The summed E-state index contributed by atoms with van der Waals surface area (Å²) in [5.41, 5.74) is 2.90. The number of nitrogens with zero attached hydrogens (tertiary/aromatic N) is 2. The summed E-state index contributed by atoms with van der Waals surface area (Å²) in [6.45, 7) is 4.93. The molecule has 1 aromatic carbocycles. The van der Waals surface area contributed by atoms with Crippen LogP contribution in [0.3, 0.4) is 0 Å². The van der Waals surface area contributed by atoms with E-state index in [0.29, 0.717) is 16.4 Å². The maximum Gasteiger partial charge on any atom is 0.343 e. The van der Waals surface area contributed by atoms with E-state index in [2.05, 4.69) is 10.4 Å². The number of rotatable bonds is 4. The highest BCUT2D eigenvalue weighted by Crippen LogP contribution is 2.27. The van der Waals surface area contributed by atoms with Gasteiger partial charge in [0.15, 0.2) is 6.61 Å². The molecule has 0 aliphatic heterocycles. The SMILES string of the molecule is Cc1cc(C)c(NC(=O)COC(=O)c2c(C)nn(C)c2Cl)c(Cl)c1. The maximum atomic E-state index is 12.1. The number of nitrogens with one attached hydrogen (secondary N) is 1. The van der Waals surface area contributed by atoms with Crippen LogP contribution >= 0.6 is 23.2 Å². The fourth-order valence-electron chi connectivity index (χ4n) is 2.31. The van der Waals surface area contributed by atoms with E-state index in [1.54, 1.807) is 20.0 Å². The lowest BCUT2D eigenvalue weighted by atomic mass is 10.1. The van der Waals surface area contributed by atoms with Crippen molar-refractivity contribution in [3.8, 4) is 0 Å². The van der Waals surface area contributed by atoms with Crippen molar-refractivity contribution in [2.24, 2.45) is 7.05 Å². The number of benzene rings is 1. The molecule has 1 amide bonds. The monoisotopic (exact) mass is 369 g/mol. The minimum atomic E-state index is -0.701. The van der Waals surface area contributed by atoms with Crippen LogP contribution in [0.4, 0.5) is 5.69 Å². The summed E-state index contributed by atoms with van der Waals surface area (Å²) in [6.07, 6.45) is 0. The molecule has 8 heteroatoms. The van der Waals surface area contributed by atoms with Gasteiger partial charge in [0.1, 0.15) is 10.7 Å². The normalized spacial score (nSPS) is 10.6. The Labute approximate surface area is 149 Å². The molecular weight excluding hydrogens is 353 g/mol. The van der Waals surface area contributed by atoms with Gasteiger partial charge in [-0.05, 0) is 38.0 Å². The Morgan fingerprint density at radius 2 is 1.92 bits per heavy atom. The zero-order valence-electron chi connectivity index (χ0n) is 13.7. The van der Waals surface area contributed by atoms with Crippen molar-refractivity contribution < 1.29 is 14.3 Å². The van der Waals surface area contributed by atoms with Crippen molar-refractivity contribution in [3.05, 3.63) is 44.7 Å². The van der Waals surface area contributed by atoms with Crippen molar-refractivity contribution >= 4 is 40.8 Å². The summed E-state index contributed by atoms with van der Waals surface area (Å²) in [4.78, 5) is 24.1. The van der Waals surface area contributed by atoms with Gasteiger partial charge in [0.25, 0.3) is 5.91 Å². The summed E-state index contributed by atoms with van der Waals surface area (Å²) in [7, 11) is 1.61. The molecule has 0 saturated heterocycles. The van der Waals surface area contributed by atoms with Crippen LogP contribution in [0.25, 0.3) is 0 Å². The van der Waals surface area contributed by atoms with Crippen LogP contribution in [0.5, 0.6) is 0 Å². The topological polar surface area (TPSA) is 73.2 Å². The summed E-state index contributed by atoms with van der Waals surface area (Å²) in [5, 5.41) is 7.26. The number of hydrogen-bond acceptors (Lipinski definition) is 4. The molecule has 0 bridgehead atoms. The van der Waals surface area contributed by atoms with Crippen molar-refractivity contribution in [2.45, 2.75) is 20.8 Å². The Kier molecular flexibility index (Phi) is 5.51. The van der Waals surface area contributed by atoms with Crippen molar-refractivity contribution in [1.29, 1.82) is 0 Å². The second-order valence-corrected chi connectivity index (χ2v) is 6.20. The maximum absolute atomic E-state index is 12.1. The third-order valence-electron chi connectivity index (χ3n) is 3.39. The molecule has 0 radical (unpaired) electrons. The highest BCUT2D eigenvalue weighted by atomic mass is 35.5. The van der Waals surface area contributed by atoms with Crippen molar-refractivity contribution in [3.63, 3.8) is 0 Å². The lowest BCUT2D eigenvalue weighted by Gasteiger charge is -2.11. The number of carbonyl (C=O) groups is 2. The Balaban J connectivity index is 2.03. The fraction of sp³-hybridized carbons (Fsp3) is 0.312. The van der Waals surface area contributed by atoms with Crippen LogP contribution in [0, 0.1) is 20.8 Å². The number of halogens is 2. The van der Waals surface area contributed by atoms with Gasteiger partial charge in [-0.1, -0.05) is 29.3 Å². The first-order valence-corrected chi connectivity index (χ1v) is 7.89. The van der Waals surface area contributed by atoms with Gasteiger partial charge in [-0.3, -0.25) is 9.48 Å². The number of hydrogen-bond donors (Lipinski definition) is 1. The molecule has 0 unspecified atom stereocenters. The van der Waals surface area contributed by atoms with Gasteiger partial charge in [0, 0.05) is 7.05 Å². The van der Waals surface area contributed by atoms with Gasteiger partial charge >= 0.3 is 5.97 Å². The highest BCUT2D eigenvalue weighted by molar-refractivity contribution is 6.34. The molecule has 1 heterocycles. The second kappa shape index (κ2) is 7.23. The third-order valence-corrected chi connectivity index (χ3v) is 4.12. The molecule has 6 nitrogen and oxygen atoms in total. The molecule has 1 aromatic heterocycles. The van der Waals surface area contributed by atoms with Crippen LogP contribution in [-0.2, 0) is 16.6 Å². The number of aryl methyl sites for hydroxylation is 4. The first-order chi connectivity index (χ1) is 11.2. The van der Waals surface area contributed by atoms with Crippen molar-refractivity contribution in [1.82, 2.24) is 9.78 Å². The number of aromatic nitrogens is 2. The predicted octanol–water partition coefficient (Wildman–Crippen LogP) is 3.45. The predicted molar refractivity (Wildman–Crippen MR) is 92.8 cm³/mol. The van der Waals surface area contributed by atoms with Gasteiger partial charge in [0.2, 0.25) is 0 Å². The third kappa shape index (κ3) is 3.88. The zero-order chi connectivity index (χ0) is 18.0. The lowest BCUT2D eigenvalue weighted by Crippen LogP contribution is -2.22. The zero-order valence-corrected chi connectivity index (χ0v) is 15.2. The second-order valence-electron chi connectivity index (χ2n) is 5.44. The molecule has 128 valence electrons. The standard InChI is InChI=1S/C16H17Cl2N3O3/c1-8-5-9(2)14(11(17)6-8)19-12(22)7-24-16(23)13-10(3)20-21(4)15(13)18/h5-6H,7H2,1-4H3,(H,19,22). The summed E-state index contributed by atoms with van der Waals surface area (Å²) in [5.74, 6) is -1.19. The van der Waals surface area contributed by atoms with E-state index in [9.17, 15) is 9.59 Å². The molecule has 0 saturated carbocycles. The Bertz CT molecular complexity index is 792. The van der Waals surface area contributed by atoms with E-state index in [4.69, 9.17) is 27.9 Å². The molecule has 24 heavy (non-hydrogen) atoms. The van der Waals surface area contributed by atoms with E-state index < -0.39 is 18.5 Å². The van der Waals surface area contributed by atoms with Crippen LogP contribution in [0.1, 0.15) is 27.2 Å². The number of ether oxygens (including phenoxy) is 1. The largest absolute Gasteiger partial charge is 0.452 e. The minimum absolute atomic E-state index is 0.150.